The van der Waals surface area contributed by atoms with Gasteiger partial charge in [0.25, 0.3) is 0 Å². The van der Waals surface area contributed by atoms with E-state index in [-0.39, 0.29) is 11.3 Å². The fourth-order valence-corrected chi connectivity index (χ4v) is 1.33. The monoisotopic (exact) mass is 320 g/mol. The van der Waals surface area contributed by atoms with Crippen LogP contribution in [0.3, 0.4) is 0 Å². The van der Waals surface area contributed by atoms with Crippen molar-refractivity contribution in [1.29, 1.82) is 0 Å². The van der Waals surface area contributed by atoms with E-state index in [1.54, 1.807) is 12.1 Å². The van der Waals surface area contributed by atoms with Gasteiger partial charge in [-0.2, -0.15) is 0 Å². The van der Waals surface area contributed by atoms with Crippen molar-refractivity contribution in [2.45, 2.75) is 24.4 Å². The Hall–Kier alpha value is -1.75. The number of para-hydroxylation sites is 1. The third kappa shape index (κ3) is 6.35. The number of phenols is 1. The van der Waals surface area contributed by atoms with E-state index in [1.165, 1.54) is 12.1 Å². The highest BCUT2D eigenvalue weighted by Crippen LogP contribution is 2.14. The lowest BCUT2D eigenvalue weighted by atomic mass is 10.0. The molecule has 22 heavy (non-hydrogen) atoms. The predicted molar refractivity (Wildman–Crippen MR) is 73.3 cm³/mol. The number of hydrogen-bond donors (Lipinski definition) is 8. The molecule has 0 aliphatic carbocycles. The molecule has 0 saturated carbocycles. The summed E-state index contributed by atoms with van der Waals surface area (Å²) in [6, 6.07) is 5.81. The van der Waals surface area contributed by atoms with Crippen molar-refractivity contribution in [3.05, 3.63) is 29.8 Å². The summed E-state index contributed by atoms with van der Waals surface area (Å²) in [5, 5.41) is 69.5. The predicted octanol–water partition coefficient (Wildman–Crippen LogP) is -2.50. The Labute approximate surface area is 126 Å². The number of carboxylic acids is 1. The highest BCUT2D eigenvalue weighted by Gasteiger charge is 2.29. The van der Waals surface area contributed by atoms with Crippen LogP contribution in [-0.2, 0) is 0 Å². The minimum absolute atomic E-state index is 0.0671. The van der Waals surface area contributed by atoms with E-state index in [0.29, 0.717) is 0 Å². The normalized spacial score (nSPS) is 15.9. The summed E-state index contributed by atoms with van der Waals surface area (Å²) in [6.45, 7) is -1.45. The van der Waals surface area contributed by atoms with Gasteiger partial charge < -0.3 is 40.9 Å². The summed E-state index contributed by atoms with van der Waals surface area (Å²) in [5.74, 6) is -1.31. The second kappa shape index (κ2) is 10.1. The number of benzene rings is 1. The minimum atomic E-state index is -1.67. The van der Waals surface area contributed by atoms with E-state index in [2.05, 4.69) is 0 Å². The number of carboxylic acid groups (broad SMARTS) is 1. The van der Waals surface area contributed by atoms with Crippen molar-refractivity contribution in [2.24, 2.45) is 0 Å². The van der Waals surface area contributed by atoms with Gasteiger partial charge in [-0.25, -0.2) is 4.79 Å². The maximum Gasteiger partial charge on any atom is 0.339 e. The number of aromatic hydroxyl groups is 1. The molecule has 0 radical (unpaired) electrons. The molecule has 0 aliphatic rings. The van der Waals surface area contributed by atoms with E-state index in [0.717, 1.165) is 0 Å². The zero-order valence-corrected chi connectivity index (χ0v) is 11.5. The van der Waals surface area contributed by atoms with Gasteiger partial charge >= 0.3 is 5.97 Å². The van der Waals surface area contributed by atoms with Crippen molar-refractivity contribution in [3.8, 4) is 5.75 Å². The van der Waals surface area contributed by atoms with Crippen LogP contribution < -0.4 is 0 Å². The lowest BCUT2D eigenvalue weighted by Gasteiger charge is -2.24. The summed E-state index contributed by atoms with van der Waals surface area (Å²) >= 11 is 0. The Bertz CT molecular complexity index is 437. The third-order valence-corrected chi connectivity index (χ3v) is 2.65. The molecule has 0 aromatic heterocycles. The van der Waals surface area contributed by atoms with Gasteiger partial charge in [-0.15, -0.1) is 0 Å². The Balaban J connectivity index is 0.000000406. The Morgan fingerprint density at radius 2 is 1.32 bits per heavy atom. The van der Waals surface area contributed by atoms with Crippen molar-refractivity contribution in [2.75, 3.05) is 13.2 Å². The molecule has 9 nitrogen and oxygen atoms in total. The van der Waals surface area contributed by atoms with Crippen LogP contribution >= 0.6 is 0 Å². The molecule has 1 aromatic carbocycles. The van der Waals surface area contributed by atoms with E-state index in [4.69, 9.17) is 40.9 Å². The standard InChI is InChI=1S/C7H6O3.C6H14O6/c8-6-4-2-1-3-5(6)7(9)10;7-1-3(9)5(11)6(12)4(10)2-8/h1-4,8H,(H,9,10);3-12H,1-2H2. The quantitative estimate of drug-likeness (QED) is 0.281. The van der Waals surface area contributed by atoms with E-state index in [1.807, 2.05) is 0 Å². The first-order chi connectivity index (χ1) is 10.3. The summed E-state index contributed by atoms with van der Waals surface area (Å²) in [4.78, 5) is 10.3. The molecule has 126 valence electrons. The number of aliphatic hydroxyl groups is 6. The van der Waals surface area contributed by atoms with Gasteiger partial charge in [-0.05, 0) is 12.1 Å². The zero-order chi connectivity index (χ0) is 17.3. The van der Waals surface area contributed by atoms with Crippen LogP contribution in [0, 0.1) is 0 Å². The third-order valence-electron chi connectivity index (χ3n) is 2.65. The van der Waals surface area contributed by atoms with Gasteiger partial charge in [0, 0.05) is 0 Å². The molecule has 0 saturated heterocycles. The molecule has 9 heteroatoms. The largest absolute Gasteiger partial charge is 0.507 e. The van der Waals surface area contributed by atoms with Crippen LogP contribution in [-0.4, -0.2) is 84.5 Å². The number of aromatic carboxylic acids is 1. The highest BCUT2D eigenvalue weighted by atomic mass is 16.4. The van der Waals surface area contributed by atoms with Gasteiger partial charge in [0.05, 0.1) is 13.2 Å². The maximum absolute atomic E-state index is 10.3. The van der Waals surface area contributed by atoms with Gasteiger partial charge in [-0.3, -0.25) is 0 Å². The SMILES string of the molecule is O=C(O)c1ccccc1O.OCC(O)C(O)C(O)C(O)CO. The Kier molecular flexibility index (Phi) is 9.26. The van der Waals surface area contributed by atoms with Crippen LogP contribution in [0.15, 0.2) is 24.3 Å². The first kappa shape index (κ1) is 20.2. The molecule has 0 spiro atoms. The number of aliphatic hydroxyl groups excluding tert-OH is 6. The first-order valence-corrected chi connectivity index (χ1v) is 6.21. The molecular formula is C13H20O9. The van der Waals surface area contributed by atoms with Crippen LogP contribution in [0.4, 0.5) is 0 Å². The highest BCUT2D eigenvalue weighted by molar-refractivity contribution is 5.90. The molecule has 0 fully saturated rings. The minimum Gasteiger partial charge on any atom is -0.507 e. The maximum atomic E-state index is 10.3. The molecular weight excluding hydrogens is 300 g/mol. The molecule has 1 aromatic rings. The average Bonchev–Trinajstić information content (AvgIpc) is 2.52. The fourth-order valence-electron chi connectivity index (χ4n) is 1.33. The Morgan fingerprint density at radius 3 is 1.59 bits per heavy atom. The van der Waals surface area contributed by atoms with Crippen molar-refractivity contribution in [3.63, 3.8) is 0 Å². The second-order valence-electron chi connectivity index (χ2n) is 4.30. The molecule has 8 N–H and O–H groups in total. The van der Waals surface area contributed by atoms with Gasteiger partial charge in [0.15, 0.2) is 0 Å². The fraction of sp³-hybridized carbons (Fsp3) is 0.462. The van der Waals surface area contributed by atoms with Gasteiger partial charge in [0.1, 0.15) is 35.7 Å². The number of rotatable bonds is 6. The lowest BCUT2D eigenvalue weighted by molar-refractivity contribution is -0.123. The molecule has 0 amide bonds. The molecule has 4 unspecified atom stereocenters. The van der Waals surface area contributed by atoms with E-state index in [9.17, 15) is 4.79 Å². The zero-order valence-electron chi connectivity index (χ0n) is 11.5. The molecule has 0 aliphatic heterocycles. The van der Waals surface area contributed by atoms with E-state index < -0.39 is 43.6 Å². The van der Waals surface area contributed by atoms with Gasteiger partial charge in [-0.1, -0.05) is 12.1 Å². The molecule has 1 rings (SSSR count). The molecule has 4 atom stereocenters. The first-order valence-electron chi connectivity index (χ1n) is 6.21. The molecule has 0 heterocycles. The van der Waals surface area contributed by atoms with Crippen molar-refractivity contribution >= 4 is 5.97 Å². The Morgan fingerprint density at radius 1 is 0.909 bits per heavy atom. The lowest BCUT2D eigenvalue weighted by Crippen LogP contribution is -2.46. The number of hydrogen-bond acceptors (Lipinski definition) is 8. The summed E-state index contributed by atoms with van der Waals surface area (Å²) < 4.78 is 0. The summed E-state index contributed by atoms with van der Waals surface area (Å²) in [5.41, 5.74) is -0.0671. The van der Waals surface area contributed by atoms with Crippen LogP contribution in [0.2, 0.25) is 0 Å². The van der Waals surface area contributed by atoms with Gasteiger partial charge in [0.2, 0.25) is 0 Å². The molecule has 0 bridgehead atoms. The van der Waals surface area contributed by atoms with Crippen LogP contribution in [0.25, 0.3) is 0 Å². The second-order valence-corrected chi connectivity index (χ2v) is 4.30. The van der Waals surface area contributed by atoms with Crippen molar-refractivity contribution < 1.29 is 45.6 Å². The average molecular weight is 320 g/mol. The smallest absolute Gasteiger partial charge is 0.339 e. The van der Waals surface area contributed by atoms with Crippen LogP contribution in [0.1, 0.15) is 10.4 Å². The summed E-state index contributed by atoms with van der Waals surface area (Å²) in [6.07, 6.45) is -6.39. The number of carbonyl (C=O) groups is 1. The topological polar surface area (TPSA) is 179 Å². The van der Waals surface area contributed by atoms with Crippen molar-refractivity contribution in [1.82, 2.24) is 0 Å². The summed E-state index contributed by atoms with van der Waals surface area (Å²) in [7, 11) is 0. The van der Waals surface area contributed by atoms with E-state index >= 15 is 0 Å². The van der Waals surface area contributed by atoms with Crippen LogP contribution in [0.5, 0.6) is 5.75 Å².